The normalized spacial score (nSPS) is 25.9. The van der Waals surface area contributed by atoms with E-state index < -0.39 is 11.5 Å². The van der Waals surface area contributed by atoms with Crippen molar-refractivity contribution in [2.24, 2.45) is 5.92 Å². The fourth-order valence-corrected chi connectivity index (χ4v) is 3.52. The van der Waals surface area contributed by atoms with Gasteiger partial charge < -0.3 is 20.2 Å². The van der Waals surface area contributed by atoms with Gasteiger partial charge in [-0.15, -0.1) is 0 Å². The number of carboxylic acids is 1. The van der Waals surface area contributed by atoms with Crippen LogP contribution < -0.4 is 5.32 Å². The third-order valence-electron chi connectivity index (χ3n) is 4.85. The smallest absolute Gasteiger partial charge is 0.324 e. The summed E-state index contributed by atoms with van der Waals surface area (Å²) in [5, 5.41) is 12.7. The van der Waals surface area contributed by atoms with Gasteiger partial charge in [0.25, 0.3) is 0 Å². The molecule has 0 aromatic carbocycles. The zero-order chi connectivity index (χ0) is 15.9. The van der Waals surface area contributed by atoms with Crippen molar-refractivity contribution in [2.45, 2.75) is 44.6 Å². The second-order valence-electron chi connectivity index (χ2n) is 6.55. The topological polar surface area (TPSA) is 55.8 Å². The Labute approximate surface area is 129 Å². The summed E-state index contributed by atoms with van der Waals surface area (Å²) in [4.78, 5) is 16.3. The number of carbonyl (C=O) groups is 1. The SMILES string of the molecule is CCCN(CCC1CCCC1(NC)C(=O)O)CCN(C)C. The minimum absolute atomic E-state index is 0.249. The highest BCUT2D eigenvalue weighted by Gasteiger charge is 2.47. The molecule has 1 aliphatic rings. The van der Waals surface area contributed by atoms with Gasteiger partial charge in [0.05, 0.1) is 0 Å². The molecule has 0 heterocycles. The molecule has 0 amide bonds. The third kappa shape index (κ3) is 4.94. The molecular formula is C16H33N3O2. The Hall–Kier alpha value is -0.650. The Morgan fingerprint density at radius 3 is 2.52 bits per heavy atom. The van der Waals surface area contributed by atoms with Gasteiger partial charge >= 0.3 is 5.97 Å². The summed E-state index contributed by atoms with van der Waals surface area (Å²) in [6, 6.07) is 0. The van der Waals surface area contributed by atoms with E-state index >= 15 is 0 Å². The van der Waals surface area contributed by atoms with Crippen LogP contribution in [0.15, 0.2) is 0 Å². The quantitative estimate of drug-likeness (QED) is 0.640. The van der Waals surface area contributed by atoms with Crippen LogP contribution in [0.3, 0.4) is 0 Å². The summed E-state index contributed by atoms with van der Waals surface area (Å²) in [5.41, 5.74) is -0.695. The van der Waals surface area contributed by atoms with Crippen molar-refractivity contribution in [3.63, 3.8) is 0 Å². The number of likely N-dealkylation sites (N-methyl/N-ethyl adjacent to an activating group) is 2. The van der Waals surface area contributed by atoms with E-state index in [9.17, 15) is 9.90 Å². The summed E-state index contributed by atoms with van der Waals surface area (Å²) in [6.45, 7) is 6.42. The van der Waals surface area contributed by atoms with Gasteiger partial charge in [-0.05, 0) is 65.8 Å². The van der Waals surface area contributed by atoms with Crippen molar-refractivity contribution in [2.75, 3.05) is 47.3 Å². The van der Waals surface area contributed by atoms with E-state index in [1.54, 1.807) is 7.05 Å². The average Bonchev–Trinajstić information content (AvgIpc) is 2.86. The van der Waals surface area contributed by atoms with Crippen molar-refractivity contribution < 1.29 is 9.90 Å². The first-order chi connectivity index (χ1) is 9.96. The molecule has 0 aromatic heterocycles. The van der Waals surface area contributed by atoms with Crippen LogP contribution in [-0.2, 0) is 4.79 Å². The number of hydrogen-bond donors (Lipinski definition) is 2. The number of aliphatic carboxylic acids is 1. The molecule has 5 nitrogen and oxygen atoms in total. The predicted octanol–water partition coefficient (Wildman–Crippen LogP) is 1.49. The van der Waals surface area contributed by atoms with E-state index in [2.05, 4.69) is 36.1 Å². The zero-order valence-corrected chi connectivity index (χ0v) is 14.2. The van der Waals surface area contributed by atoms with Crippen LogP contribution >= 0.6 is 0 Å². The zero-order valence-electron chi connectivity index (χ0n) is 14.2. The minimum Gasteiger partial charge on any atom is -0.480 e. The van der Waals surface area contributed by atoms with Crippen molar-refractivity contribution >= 4 is 5.97 Å². The highest BCUT2D eigenvalue weighted by Crippen LogP contribution is 2.38. The maximum atomic E-state index is 11.7. The van der Waals surface area contributed by atoms with Crippen LogP contribution in [0, 0.1) is 5.92 Å². The number of rotatable bonds is 10. The lowest BCUT2D eigenvalue weighted by Gasteiger charge is -2.33. The largest absolute Gasteiger partial charge is 0.480 e. The Morgan fingerprint density at radius 2 is 2.00 bits per heavy atom. The van der Waals surface area contributed by atoms with Crippen LogP contribution in [0.1, 0.15) is 39.0 Å². The van der Waals surface area contributed by atoms with Gasteiger partial charge in [-0.25, -0.2) is 0 Å². The fraction of sp³-hybridized carbons (Fsp3) is 0.938. The van der Waals surface area contributed by atoms with Gasteiger partial charge in [0.2, 0.25) is 0 Å². The van der Waals surface area contributed by atoms with E-state index in [1.165, 1.54) is 0 Å². The predicted molar refractivity (Wildman–Crippen MR) is 86.7 cm³/mol. The molecule has 0 spiro atoms. The molecule has 124 valence electrons. The fourth-order valence-electron chi connectivity index (χ4n) is 3.52. The van der Waals surface area contributed by atoms with Gasteiger partial charge in [0.15, 0.2) is 0 Å². The number of hydrogen-bond acceptors (Lipinski definition) is 4. The van der Waals surface area contributed by atoms with E-state index in [1.807, 2.05) is 0 Å². The molecule has 2 N–H and O–H groups in total. The lowest BCUT2D eigenvalue weighted by Crippen LogP contribution is -2.53. The molecule has 21 heavy (non-hydrogen) atoms. The van der Waals surface area contributed by atoms with Crippen LogP contribution in [0.5, 0.6) is 0 Å². The molecule has 2 unspecified atom stereocenters. The molecule has 0 bridgehead atoms. The number of carboxylic acid groups (broad SMARTS) is 1. The summed E-state index contributed by atoms with van der Waals surface area (Å²) >= 11 is 0. The van der Waals surface area contributed by atoms with Gasteiger partial charge in [0.1, 0.15) is 5.54 Å². The summed E-state index contributed by atoms with van der Waals surface area (Å²) < 4.78 is 0. The molecule has 1 rings (SSSR count). The Bertz CT molecular complexity index is 323. The summed E-state index contributed by atoms with van der Waals surface area (Å²) in [5.74, 6) is -0.429. The number of nitrogens with one attached hydrogen (secondary N) is 1. The van der Waals surface area contributed by atoms with Gasteiger partial charge in [-0.2, -0.15) is 0 Å². The molecule has 1 aliphatic carbocycles. The molecule has 1 fully saturated rings. The van der Waals surface area contributed by atoms with E-state index in [0.29, 0.717) is 0 Å². The van der Waals surface area contributed by atoms with E-state index in [0.717, 1.165) is 58.3 Å². The molecule has 1 saturated carbocycles. The first kappa shape index (κ1) is 18.4. The Morgan fingerprint density at radius 1 is 1.29 bits per heavy atom. The standard InChI is InChI=1S/C16H33N3O2/c1-5-10-19(13-12-18(3)4)11-8-14-7-6-9-16(14,17-2)15(20)21/h14,17H,5-13H2,1-4H3,(H,20,21). The second-order valence-corrected chi connectivity index (χ2v) is 6.55. The Balaban J connectivity index is 2.55. The van der Waals surface area contributed by atoms with Crippen LogP contribution in [0.2, 0.25) is 0 Å². The first-order valence-electron chi connectivity index (χ1n) is 8.25. The van der Waals surface area contributed by atoms with E-state index in [-0.39, 0.29) is 5.92 Å². The van der Waals surface area contributed by atoms with E-state index in [4.69, 9.17) is 0 Å². The Kier molecular flexibility index (Phi) is 7.63. The van der Waals surface area contributed by atoms with Gasteiger partial charge in [-0.1, -0.05) is 13.3 Å². The van der Waals surface area contributed by atoms with Gasteiger partial charge in [-0.3, -0.25) is 4.79 Å². The molecule has 5 heteroatoms. The van der Waals surface area contributed by atoms with Crippen molar-refractivity contribution in [1.82, 2.24) is 15.1 Å². The number of nitrogens with zero attached hydrogens (tertiary/aromatic N) is 2. The second kappa shape index (κ2) is 8.71. The molecule has 0 aromatic rings. The summed E-state index contributed by atoms with van der Waals surface area (Å²) in [7, 11) is 5.98. The van der Waals surface area contributed by atoms with Gasteiger partial charge in [0, 0.05) is 13.1 Å². The van der Waals surface area contributed by atoms with Crippen molar-refractivity contribution in [3.8, 4) is 0 Å². The van der Waals surface area contributed by atoms with Crippen LogP contribution in [-0.4, -0.2) is 73.7 Å². The molecule has 0 saturated heterocycles. The molecule has 0 aliphatic heterocycles. The van der Waals surface area contributed by atoms with Crippen LogP contribution in [0.25, 0.3) is 0 Å². The van der Waals surface area contributed by atoms with Crippen molar-refractivity contribution in [1.29, 1.82) is 0 Å². The maximum absolute atomic E-state index is 11.7. The highest BCUT2D eigenvalue weighted by atomic mass is 16.4. The minimum atomic E-state index is -0.695. The maximum Gasteiger partial charge on any atom is 0.324 e. The average molecular weight is 299 g/mol. The molecule has 0 radical (unpaired) electrons. The lowest BCUT2D eigenvalue weighted by molar-refractivity contribution is -0.146. The highest BCUT2D eigenvalue weighted by molar-refractivity contribution is 5.79. The first-order valence-corrected chi connectivity index (χ1v) is 8.25. The third-order valence-corrected chi connectivity index (χ3v) is 4.85. The monoisotopic (exact) mass is 299 g/mol. The lowest BCUT2D eigenvalue weighted by atomic mass is 9.84. The summed E-state index contributed by atoms with van der Waals surface area (Å²) in [6.07, 6.45) is 4.92. The molecule has 2 atom stereocenters. The molecular weight excluding hydrogens is 266 g/mol. The van der Waals surface area contributed by atoms with Crippen LogP contribution in [0.4, 0.5) is 0 Å². The van der Waals surface area contributed by atoms with Crippen molar-refractivity contribution in [3.05, 3.63) is 0 Å².